The van der Waals surface area contributed by atoms with Crippen LogP contribution in [0.5, 0.6) is 0 Å². The molecule has 0 saturated heterocycles. The quantitative estimate of drug-likeness (QED) is 0.104. The van der Waals surface area contributed by atoms with E-state index in [0.29, 0.717) is 23.7 Å². The zero-order chi connectivity index (χ0) is 42.5. The summed E-state index contributed by atoms with van der Waals surface area (Å²) < 4.78 is 0.187. The number of benzene rings is 4. The third-order valence-electron chi connectivity index (χ3n) is 14.0. The maximum atomic E-state index is 9.02. The molecule has 0 N–H and O–H groups in total. The molecule has 0 saturated carbocycles. The monoisotopic (exact) mass is 909 g/mol. The Hall–Kier alpha value is -1.96. The van der Waals surface area contributed by atoms with Crippen LogP contribution in [0.1, 0.15) is 195 Å². The average Bonchev–Trinajstić information content (AvgIpc) is 3.76. The van der Waals surface area contributed by atoms with Crippen LogP contribution < -0.4 is 0 Å². The van der Waals surface area contributed by atoms with E-state index in [2.05, 4.69) is 169 Å². The predicted octanol–water partition coefficient (Wildman–Crippen LogP) is 17.8. The van der Waals surface area contributed by atoms with E-state index >= 15 is 0 Å². The summed E-state index contributed by atoms with van der Waals surface area (Å²) in [6, 6.07) is 24.6. The Balaban J connectivity index is 1.66. The van der Waals surface area contributed by atoms with Gasteiger partial charge in [-0.2, -0.15) is 0 Å². The van der Waals surface area contributed by atoms with Gasteiger partial charge in [0.15, 0.2) is 0 Å². The molecule has 0 amide bonds. The fourth-order valence-corrected chi connectivity index (χ4v) is 42.0. The van der Waals surface area contributed by atoms with Crippen molar-refractivity contribution in [3.63, 3.8) is 0 Å². The van der Waals surface area contributed by atoms with Crippen molar-refractivity contribution in [1.29, 1.82) is 0 Å². The predicted molar refractivity (Wildman–Crippen MR) is 261 cm³/mol. The van der Waals surface area contributed by atoms with Crippen molar-refractivity contribution < 1.29 is 15.6 Å². The van der Waals surface area contributed by atoms with E-state index in [1.807, 2.05) is 0 Å². The molecule has 0 radical (unpaired) electrons. The molecular weight excluding hydrogens is 839 g/mol. The summed E-state index contributed by atoms with van der Waals surface area (Å²) in [6.45, 7) is 33.0. The molecule has 4 aromatic carbocycles. The summed E-state index contributed by atoms with van der Waals surface area (Å²) in [5, 5.41) is 0. The molecular formula is C54H73Cl2SiZr. The molecule has 4 aromatic rings. The molecule has 2 unspecified atom stereocenters. The Morgan fingerprint density at radius 2 is 0.845 bits per heavy atom. The second-order valence-corrected chi connectivity index (χ2v) is 62.0. The van der Waals surface area contributed by atoms with E-state index < -0.39 is 21.5 Å². The van der Waals surface area contributed by atoms with Crippen LogP contribution in [0.4, 0.5) is 0 Å². The second-order valence-electron chi connectivity index (χ2n) is 19.5. The topological polar surface area (TPSA) is 0 Å². The van der Waals surface area contributed by atoms with Gasteiger partial charge in [-0.15, -0.1) is 0 Å². The minimum absolute atomic E-state index is 0.0937. The Morgan fingerprint density at radius 3 is 1.10 bits per heavy atom. The molecule has 2 aliphatic rings. The molecule has 6 rings (SSSR count). The number of allylic oxidation sites excluding steroid dienone is 2. The molecule has 311 valence electrons. The third-order valence-corrected chi connectivity index (χ3v) is 65.8. The van der Waals surface area contributed by atoms with Crippen LogP contribution in [-0.2, 0) is 28.4 Å². The summed E-state index contributed by atoms with van der Waals surface area (Å²) in [7, 11) is 18.0. The molecule has 0 nitrogen and oxygen atoms in total. The van der Waals surface area contributed by atoms with Gasteiger partial charge in [-0.1, -0.05) is 0 Å². The molecule has 58 heavy (non-hydrogen) atoms. The van der Waals surface area contributed by atoms with Gasteiger partial charge < -0.3 is 0 Å². The van der Waals surface area contributed by atoms with Crippen LogP contribution in [0, 0.1) is 0 Å². The first-order valence-corrected chi connectivity index (χ1v) is 39.3. The Labute approximate surface area is 363 Å². The van der Waals surface area contributed by atoms with Gasteiger partial charge in [0.05, 0.1) is 0 Å². The molecule has 0 heterocycles. The standard InChI is InChI=1S/2C26H33.C2H7Si.2ClH.Zr/c2*1-7-9-19-12-21-11-10-20(8-2)26(25(21)13-19)24-15-22(17(3)4)14-23(16-24)18(5)6;1-3-2;;;/h2*10-18H,7-9H2,1-6H3;3H,1-2H3;2*1H;/q;;;;;+2/p-2. The Bertz CT molecular complexity index is 2030. The summed E-state index contributed by atoms with van der Waals surface area (Å²) >= 11 is -5.00. The number of hydrogen-bond donors (Lipinski definition) is 0. The van der Waals surface area contributed by atoms with Crippen LogP contribution in [0.3, 0.4) is 0 Å². The van der Waals surface area contributed by atoms with Gasteiger partial charge in [-0.05, 0) is 0 Å². The Morgan fingerprint density at radius 1 is 0.517 bits per heavy atom. The van der Waals surface area contributed by atoms with Crippen molar-refractivity contribution >= 4 is 35.1 Å². The molecule has 0 fully saturated rings. The zero-order valence-corrected chi connectivity index (χ0v) is 43.6. The summed E-state index contributed by atoms with van der Waals surface area (Å²) in [6.07, 6.45) is 11.4. The second kappa shape index (κ2) is 17.8. The minimum atomic E-state index is -5.00. The van der Waals surface area contributed by atoms with Crippen LogP contribution in [0.2, 0.25) is 13.1 Å². The molecule has 0 bridgehead atoms. The van der Waals surface area contributed by atoms with E-state index in [4.69, 9.17) is 17.0 Å². The third kappa shape index (κ3) is 7.98. The van der Waals surface area contributed by atoms with Crippen LogP contribution in [-0.4, -0.2) is 5.92 Å². The van der Waals surface area contributed by atoms with Crippen molar-refractivity contribution in [2.45, 2.75) is 166 Å². The molecule has 2 atom stereocenters. The van der Waals surface area contributed by atoms with E-state index in [0.717, 1.165) is 38.5 Å². The van der Waals surface area contributed by atoms with Gasteiger partial charge in [-0.3, -0.25) is 0 Å². The van der Waals surface area contributed by atoms with Gasteiger partial charge in [0.25, 0.3) is 0 Å². The van der Waals surface area contributed by atoms with Gasteiger partial charge in [-0.25, -0.2) is 0 Å². The van der Waals surface area contributed by atoms with E-state index in [1.54, 1.807) is 0 Å². The first-order valence-electron chi connectivity index (χ1n) is 23.0. The first kappa shape index (κ1) is 45.6. The van der Waals surface area contributed by atoms with Crippen LogP contribution in [0.15, 0.2) is 71.8 Å². The van der Waals surface area contributed by atoms with E-state index in [9.17, 15) is 0 Å². The summed E-state index contributed by atoms with van der Waals surface area (Å²) in [4.78, 5) is 0. The number of fused-ring (bicyclic) bond motifs is 2. The van der Waals surface area contributed by atoms with Crippen molar-refractivity contribution in [3.8, 4) is 22.3 Å². The fourth-order valence-electron chi connectivity index (χ4n) is 10.5. The SMILES string of the molecule is CCCC1=Cc2c(ccc(CC)c2-c2cc(C(C)C)cc(C(C)C)c2)[CH]1[Zr]([Cl])([Cl])([CH]1C(CCC)=Cc2c1ccc(CC)c2-c1cc(C(C)C)cc(C(C)C)c1)[SiH](C)C. The number of rotatable bonds is 15. The molecule has 0 aliphatic heterocycles. The van der Waals surface area contributed by atoms with Gasteiger partial charge in [0, 0.05) is 0 Å². The molecule has 2 aliphatic carbocycles. The van der Waals surface area contributed by atoms with Gasteiger partial charge >= 0.3 is 366 Å². The number of aryl methyl sites for hydroxylation is 2. The molecule has 0 spiro atoms. The molecule has 0 aromatic heterocycles. The van der Waals surface area contributed by atoms with Crippen molar-refractivity contribution in [1.82, 2.24) is 0 Å². The van der Waals surface area contributed by atoms with Crippen LogP contribution >= 0.6 is 17.0 Å². The van der Waals surface area contributed by atoms with Crippen molar-refractivity contribution in [3.05, 3.63) is 127 Å². The van der Waals surface area contributed by atoms with Crippen molar-refractivity contribution in [2.24, 2.45) is 0 Å². The first-order chi connectivity index (χ1) is 27.4. The molecule has 4 heteroatoms. The Kier molecular flexibility index (Phi) is 14.0. The number of halogens is 2. The zero-order valence-electron chi connectivity index (χ0n) is 38.5. The average molecular weight is 912 g/mol. The van der Waals surface area contributed by atoms with Gasteiger partial charge in [0.1, 0.15) is 0 Å². The van der Waals surface area contributed by atoms with E-state index in [-0.39, 0.29) is 7.25 Å². The maximum absolute atomic E-state index is 9.02. The normalized spacial score (nSPS) is 17.4. The van der Waals surface area contributed by atoms with E-state index in [1.165, 1.54) is 89.0 Å². The number of hydrogen-bond acceptors (Lipinski definition) is 0. The fraction of sp³-hybridized carbons (Fsp3) is 0.481. The van der Waals surface area contributed by atoms with Crippen molar-refractivity contribution in [2.75, 3.05) is 0 Å². The summed E-state index contributed by atoms with van der Waals surface area (Å²) in [5.74, 6) is 0.110. The van der Waals surface area contributed by atoms with Gasteiger partial charge in [0.2, 0.25) is 0 Å². The summed E-state index contributed by atoms with van der Waals surface area (Å²) in [5.41, 5.74) is 22.6. The van der Waals surface area contributed by atoms with Crippen LogP contribution in [0.25, 0.3) is 34.4 Å².